The molecule has 5 heteroatoms. The summed E-state index contributed by atoms with van der Waals surface area (Å²) >= 11 is 2.09. The Kier molecular flexibility index (Phi) is 3.86. The first-order valence-electron chi connectivity index (χ1n) is 7.86. The third-order valence-corrected chi connectivity index (χ3v) is 5.69. The highest BCUT2D eigenvalue weighted by Gasteiger charge is 2.26. The van der Waals surface area contributed by atoms with Gasteiger partial charge in [-0.3, -0.25) is 4.90 Å². The fraction of sp³-hybridized carbons (Fsp3) is 0.625. The predicted molar refractivity (Wildman–Crippen MR) is 86.7 cm³/mol. The van der Waals surface area contributed by atoms with Gasteiger partial charge in [-0.2, -0.15) is 11.8 Å². The minimum absolute atomic E-state index is 0.355. The Morgan fingerprint density at radius 1 is 0.952 bits per heavy atom. The molecule has 21 heavy (non-hydrogen) atoms. The van der Waals surface area contributed by atoms with E-state index in [1.165, 1.54) is 43.1 Å². The van der Waals surface area contributed by atoms with Gasteiger partial charge in [0.25, 0.3) is 0 Å². The smallest absolute Gasteiger partial charge is 0.231 e. The average Bonchev–Trinajstić information content (AvgIpc) is 3.03. The van der Waals surface area contributed by atoms with Crippen molar-refractivity contribution in [1.82, 2.24) is 4.90 Å². The molecule has 0 amide bonds. The van der Waals surface area contributed by atoms with Crippen molar-refractivity contribution < 1.29 is 9.47 Å². The molecule has 0 aliphatic carbocycles. The van der Waals surface area contributed by atoms with E-state index in [4.69, 9.17) is 9.47 Å². The predicted octanol–water partition coefficient (Wildman–Crippen LogP) is 2.43. The van der Waals surface area contributed by atoms with Crippen molar-refractivity contribution in [3.63, 3.8) is 0 Å². The first-order chi connectivity index (χ1) is 10.4. The number of hydrogen-bond donors (Lipinski definition) is 0. The van der Waals surface area contributed by atoms with Gasteiger partial charge < -0.3 is 14.4 Å². The van der Waals surface area contributed by atoms with Gasteiger partial charge in [0, 0.05) is 55.5 Å². The zero-order valence-corrected chi connectivity index (χ0v) is 13.1. The summed E-state index contributed by atoms with van der Waals surface area (Å²) in [6.07, 6.45) is 2.55. The van der Waals surface area contributed by atoms with Crippen LogP contribution in [0.15, 0.2) is 18.2 Å². The molecule has 2 saturated heterocycles. The van der Waals surface area contributed by atoms with Crippen molar-refractivity contribution in [2.75, 3.05) is 49.4 Å². The van der Waals surface area contributed by atoms with Crippen LogP contribution in [0.4, 0.5) is 5.69 Å². The Morgan fingerprint density at radius 2 is 1.71 bits per heavy atom. The van der Waals surface area contributed by atoms with Gasteiger partial charge in [-0.15, -0.1) is 0 Å². The topological polar surface area (TPSA) is 24.9 Å². The Hall–Kier alpha value is -1.07. The van der Waals surface area contributed by atoms with Gasteiger partial charge in [0.2, 0.25) is 6.79 Å². The van der Waals surface area contributed by atoms with E-state index in [-0.39, 0.29) is 0 Å². The summed E-state index contributed by atoms with van der Waals surface area (Å²) in [7, 11) is 0. The number of benzene rings is 1. The number of anilines is 1. The lowest BCUT2D eigenvalue weighted by molar-refractivity contribution is 0.174. The average molecular weight is 306 g/mol. The van der Waals surface area contributed by atoms with E-state index in [2.05, 4.69) is 33.7 Å². The van der Waals surface area contributed by atoms with Crippen molar-refractivity contribution >= 4 is 17.4 Å². The molecule has 114 valence electrons. The van der Waals surface area contributed by atoms with Crippen LogP contribution in [0.3, 0.4) is 0 Å². The Morgan fingerprint density at radius 3 is 2.52 bits per heavy atom. The van der Waals surface area contributed by atoms with Gasteiger partial charge in [-0.05, 0) is 25.0 Å². The van der Waals surface area contributed by atoms with Crippen molar-refractivity contribution in [2.45, 2.75) is 18.9 Å². The van der Waals surface area contributed by atoms with E-state index in [0.717, 1.165) is 30.6 Å². The molecule has 0 aromatic heterocycles. The second kappa shape index (κ2) is 5.97. The summed E-state index contributed by atoms with van der Waals surface area (Å²) in [5, 5.41) is 0. The van der Waals surface area contributed by atoms with Crippen LogP contribution in [0.5, 0.6) is 11.5 Å². The monoisotopic (exact) mass is 306 g/mol. The number of thioether (sulfide) groups is 1. The molecule has 0 spiro atoms. The second-order valence-corrected chi connectivity index (χ2v) is 7.13. The summed E-state index contributed by atoms with van der Waals surface area (Å²) < 4.78 is 10.9. The van der Waals surface area contributed by atoms with Crippen molar-refractivity contribution in [3.8, 4) is 11.5 Å². The number of ether oxygens (including phenoxy) is 2. The van der Waals surface area contributed by atoms with Gasteiger partial charge in [-0.1, -0.05) is 0 Å². The summed E-state index contributed by atoms with van der Waals surface area (Å²) in [4.78, 5) is 5.19. The molecule has 0 radical (unpaired) electrons. The van der Waals surface area contributed by atoms with Crippen LogP contribution in [-0.2, 0) is 0 Å². The van der Waals surface area contributed by atoms with Gasteiger partial charge in [0.1, 0.15) is 0 Å². The molecule has 2 fully saturated rings. The molecule has 0 bridgehead atoms. The maximum Gasteiger partial charge on any atom is 0.231 e. The number of piperidine rings is 1. The molecule has 3 aliphatic rings. The number of fused-ring (bicyclic) bond motifs is 1. The first-order valence-corrected chi connectivity index (χ1v) is 9.02. The van der Waals surface area contributed by atoms with E-state index in [1.54, 1.807) is 0 Å². The van der Waals surface area contributed by atoms with Crippen molar-refractivity contribution in [1.29, 1.82) is 0 Å². The molecule has 4 nitrogen and oxygen atoms in total. The first kappa shape index (κ1) is 13.6. The largest absolute Gasteiger partial charge is 0.454 e. The van der Waals surface area contributed by atoms with E-state index >= 15 is 0 Å². The van der Waals surface area contributed by atoms with Gasteiger partial charge in [0.05, 0.1) is 0 Å². The van der Waals surface area contributed by atoms with Gasteiger partial charge in [0.15, 0.2) is 11.5 Å². The summed E-state index contributed by atoms with van der Waals surface area (Å²) in [6, 6.07) is 7.10. The molecule has 0 unspecified atom stereocenters. The molecule has 3 aliphatic heterocycles. The lowest BCUT2D eigenvalue weighted by atomic mass is 10.0. The molecule has 1 aromatic carbocycles. The van der Waals surface area contributed by atoms with E-state index in [9.17, 15) is 0 Å². The molecule has 3 heterocycles. The van der Waals surface area contributed by atoms with Crippen LogP contribution in [-0.4, -0.2) is 55.4 Å². The summed E-state index contributed by atoms with van der Waals surface area (Å²) in [6.45, 7) is 5.20. The zero-order chi connectivity index (χ0) is 14.1. The van der Waals surface area contributed by atoms with Crippen LogP contribution in [0.25, 0.3) is 0 Å². The SMILES string of the molecule is c1cc2c(cc1N1CCC(N3CCSCC3)CC1)OCO2. The summed E-state index contributed by atoms with van der Waals surface area (Å²) in [5.74, 6) is 4.38. The fourth-order valence-corrected chi connectivity index (χ4v) is 4.45. The maximum atomic E-state index is 5.49. The number of hydrogen-bond acceptors (Lipinski definition) is 5. The Bertz CT molecular complexity index is 497. The van der Waals surface area contributed by atoms with Crippen LogP contribution in [0.2, 0.25) is 0 Å². The highest BCUT2D eigenvalue weighted by Crippen LogP contribution is 2.36. The molecule has 1 aromatic rings. The molecular formula is C16H22N2O2S. The lowest BCUT2D eigenvalue weighted by Gasteiger charge is -2.40. The zero-order valence-electron chi connectivity index (χ0n) is 12.3. The maximum absolute atomic E-state index is 5.49. The highest BCUT2D eigenvalue weighted by molar-refractivity contribution is 7.99. The Balaban J connectivity index is 1.38. The molecule has 0 saturated carbocycles. The third kappa shape index (κ3) is 2.81. The minimum Gasteiger partial charge on any atom is -0.454 e. The minimum atomic E-state index is 0.355. The van der Waals surface area contributed by atoms with E-state index in [1.807, 2.05) is 6.07 Å². The Labute approximate surface area is 130 Å². The highest BCUT2D eigenvalue weighted by atomic mass is 32.2. The molecular weight excluding hydrogens is 284 g/mol. The van der Waals surface area contributed by atoms with Crippen molar-refractivity contribution in [3.05, 3.63) is 18.2 Å². The van der Waals surface area contributed by atoms with Crippen LogP contribution >= 0.6 is 11.8 Å². The van der Waals surface area contributed by atoms with E-state index < -0.39 is 0 Å². The van der Waals surface area contributed by atoms with Crippen molar-refractivity contribution in [2.24, 2.45) is 0 Å². The number of rotatable bonds is 2. The quantitative estimate of drug-likeness (QED) is 0.836. The van der Waals surface area contributed by atoms with Crippen LogP contribution in [0.1, 0.15) is 12.8 Å². The normalized spacial score (nSPS) is 23.5. The van der Waals surface area contributed by atoms with Crippen LogP contribution in [0, 0.1) is 0 Å². The lowest BCUT2D eigenvalue weighted by Crippen LogP contribution is -2.47. The standard InChI is InChI=1S/C16H22N2O2S/c1-2-15-16(20-12-19-15)11-14(1)17-5-3-13(4-6-17)18-7-9-21-10-8-18/h1-2,11,13H,3-10,12H2. The summed E-state index contributed by atoms with van der Waals surface area (Å²) in [5.41, 5.74) is 1.27. The van der Waals surface area contributed by atoms with Gasteiger partial charge in [-0.25, -0.2) is 0 Å². The van der Waals surface area contributed by atoms with Crippen LogP contribution < -0.4 is 14.4 Å². The second-order valence-electron chi connectivity index (χ2n) is 5.90. The third-order valence-electron chi connectivity index (χ3n) is 4.75. The van der Waals surface area contributed by atoms with E-state index in [0.29, 0.717) is 6.79 Å². The molecule has 0 atom stereocenters. The number of nitrogens with zero attached hydrogens (tertiary/aromatic N) is 2. The molecule has 4 rings (SSSR count). The molecule has 0 N–H and O–H groups in total. The van der Waals surface area contributed by atoms with Gasteiger partial charge >= 0.3 is 0 Å². The fourth-order valence-electron chi connectivity index (χ4n) is 3.51.